The van der Waals surface area contributed by atoms with Crippen molar-refractivity contribution in [2.75, 3.05) is 33.7 Å². The van der Waals surface area contributed by atoms with Crippen molar-refractivity contribution < 1.29 is 0 Å². The van der Waals surface area contributed by atoms with Crippen molar-refractivity contribution in [2.45, 2.75) is 0 Å². The molecular formula is C7H14N4. The van der Waals surface area contributed by atoms with Crippen LogP contribution in [-0.2, 0) is 0 Å². The zero-order valence-corrected chi connectivity index (χ0v) is 7.12. The van der Waals surface area contributed by atoms with Gasteiger partial charge < -0.3 is 0 Å². The molecule has 0 aromatic carbocycles. The van der Waals surface area contributed by atoms with Gasteiger partial charge in [0.1, 0.15) is 0 Å². The van der Waals surface area contributed by atoms with E-state index < -0.39 is 0 Å². The first-order chi connectivity index (χ1) is 5.24. The molecule has 62 valence electrons. The van der Waals surface area contributed by atoms with Gasteiger partial charge in [-0.3, -0.25) is 4.90 Å². The van der Waals surface area contributed by atoms with E-state index in [2.05, 4.69) is 28.9 Å². The smallest absolute Gasteiger partial charge is 0.0557 e. The normalized spacial score (nSPS) is 21.6. The van der Waals surface area contributed by atoms with Crippen LogP contribution in [0.3, 0.4) is 0 Å². The molecule has 0 aliphatic carbocycles. The third-order valence-electron chi connectivity index (χ3n) is 1.71. The molecular weight excluding hydrogens is 140 g/mol. The minimum absolute atomic E-state index is 0.888. The lowest BCUT2D eigenvalue weighted by molar-refractivity contribution is 0.200. The zero-order chi connectivity index (χ0) is 8.27. The number of rotatable bonds is 1. The second kappa shape index (κ2) is 3.48. The molecule has 1 fully saturated rings. The molecule has 1 aliphatic heterocycles. The summed E-state index contributed by atoms with van der Waals surface area (Å²) in [6.45, 7) is 6.70. The molecule has 1 aliphatic rings. The maximum atomic E-state index is 3.93. The molecule has 4 nitrogen and oxygen atoms in total. The van der Waals surface area contributed by atoms with Crippen molar-refractivity contribution >= 4 is 0 Å². The van der Waals surface area contributed by atoms with E-state index in [4.69, 9.17) is 0 Å². The van der Waals surface area contributed by atoms with Crippen LogP contribution < -0.4 is 0 Å². The van der Waals surface area contributed by atoms with Crippen molar-refractivity contribution in [1.82, 2.24) is 9.91 Å². The SMILES string of the molecule is C=C1CN(C)CCN1N=NC. The van der Waals surface area contributed by atoms with Crippen LogP contribution in [0.1, 0.15) is 0 Å². The van der Waals surface area contributed by atoms with E-state index >= 15 is 0 Å². The van der Waals surface area contributed by atoms with E-state index in [1.165, 1.54) is 0 Å². The van der Waals surface area contributed by atoms with Gasteiger partial charge in [-0.2, -0.15) is 5.11 Å². The van der Waals surface area contributed by atoms with Gasteiger partial charge in [-0.1, -0.05) is 11.8 Å². The quantitative estimate of drug-likeness (QED) is 0.522. The predicted octanol–water partition coefficient (Wildman–Crippen LogP) is 0.744. The van der Waals surface area contributed by atoms with Crippen LogP contribution in [0.15, 0.2) is 22.6 Å². The summed E-state index contributed by atoms with van der Waals surface area (Å²) in [5.74, 6) is 0. The Kier molecular flexibility index (Phi) is 2.59. The fourth-order valence-corrected chi connectivity index (χ4v) is 1.11. The first kappa shape index (κ1) is 8.20. The van der Waals surface area contributed by atoms with E-state index in [-0.39, 0.29) is 0 Å². The first-order valence-electron chi connectivity index (χ1n) is 3.67. The van der Waals surface area contributed by atoms with E-state index in [1.807, 2.05) is 5.01 Å². The minimum atomic E-state index is 0.888. The lowest BCUT2D eigenvalue weighted by Crippen LogP contribution is -2.39. The van der Waals surface area contributed by atoms with Gasteiger partial charge in [-0.05, 0) is 7.05 Å². The Balaban J connectivity index is 2.50. The third kappa shape index (κ3) is 2.01. The first-order valence-corrected chi connectivity index (χ1v) is 3.67. The average Bonchev–Trinajstić information content (AvgIpc) is 1.95. The van der Waals surface area contributed by atoms with E-state index in [0.29, 0.717) is 0 Å². The molecule has 0 saturated carbocycles. The summed E-state index contributed by atoms with van der Waals surface area (Å²) in [7, 11) is 3.75. The van der Waals surface area contributed by atoms with Gasteiger partial charge in [0.2, 0.25) is 0 Å². The molecule has 0 atom stereocenters. The molecule has 0 amide bonds. The summed E-state index contributed by atoms with van der Waals surface area (Å²) < 4.78 is 0. The van der Waals surface area contributed by atoms with Crippen LogP contribution in [0.2, 0.25) is 0 Å². The van der Waals surface area contributed by atoms with Gasteiger partial charge in [-0.15, -0.1) is 0 Å². The highest BCUT2D eigenvalue weighted by molar-refractivity contribution is 4.98. The van der Waals surface area contributed by atoms with Crippen LogP contribution >= 0.6 is 0 Å². The van der Waals surface area contributed by atoms with Gasteiger partial charge in [0, 0.05) is 18.8 Å². The van der Waals surface area contributed by atoms with Crippen molar-refractivity contribution in [2.24, 2.45) is 10.3 Å². The topological polar surface area (TPSA) is 31.2 Å². The molecule has 1 rings (SSSR count). The molecule has 0 radical (unpaired) electrons. The summed E-state index contributed by atoms with van der Waals surface area (Å²) in [5, 5.41) is 9.48. The molecule has 11 heavy (non-hydrogen) atoms. The third-order valence-corrected chi connectivity index (χ3v) is 1.71. The Morgan fingerprint density at radius 1 is 1.45 bits per heavy atom. The summed E-state index contributed by atoms with van der Waals surface area (Å²) >= 11 is 0. The summed E-state index contributed by atoms with van der Waals surface area (Å²) in [4.78, 5) is 2.21. The van der Waals surface area contributed by atoms with Crippen LogP contribution in [0.25, 0.3) is 0 Å². The van der Waals surface area contributed by atoms with Crippen LogP contribution in [-0.4, -0.2) is 43.6 Å². The number of nitrogens with zero attached hydrogens (tertiary/aromatic N) is 4. The highest BCUT2D eigenvalue weighted by atomic mass is 15.6. The van der Waals surface area contributed by atoms with E-state index in [0.717, 1.165) is 25.3 Å². The summed E-state index contributed by atoms with van der Waals surface area (Å²) in [6, 6.07) is 0. The van der Waals surface area contributed by atoms with Crippen molar-refractivity contribution in [3.8, 4) is 0 Å². The summed E-state index contributed by atoms with van der Waals surface area (Å²) in [6.07, 6.45) is 0. The molecule has 4 heteroatoms. The van der Waals surface area contributed by atoms with Crippen LogP contribution in [0.4, 0.5) is 0 Å². The number of piperazine rings is 1. The number of likely N-dealkylation sites (N-methyl/N-ethyl adjacent to an activating group) is 1. The maximum Gasteiger partial charge on any atom is 0.0557 e. The fraction of sp³-hybridized carbons (Fsp3) is 0.714. The Bertz CT molecular complexity index is 175. The Hall–Kier alpha value is -0.900. The van der Waals surface area contributed by atoms with Crippen LogP contribution in [0, 0.1) is 0 Å². The second-order valence-corrected chi connectivity index (χ2v) is 2.72. The Morgan fingerprint density at radius 3 is 2.73 bits per heavy atom. The van der Waals surface area contributed by atoms with Gasteiger partial charge in [0.05, 0.1) is 13.6 Å². The standard InChI is InChI=1S/C7H14N4/c1-7-6-10(3)4-5-11(7)9-8-2/h1,4-6H2,2-3H3. The maximum absolute atomic E-state index is 3.93. The van der Waals surface area contributed by atoms with Crippen molar-refractivity contribution in [3.63, 3.8) is 0 Å². The molecule has 1 saturated heterocycles. The van der Waals surface area contributed by atoms with E-state index in [9.17, 15) is 0 Å². The highest BCUT2D eigenvalue weighted by Gasteiger charge is 2.15. The molecule has 0 N–H and O–H groups in total. The minimum Gasteiger partial charge on any atom is -0.299 e. The summed E-state index contributed by atoms with van der Waals surface area (Å²) in [5.41, 5.74) is 1.02. The fourth-order valence-electron chi connectivity index (χ4n) is 1.11. The van der Waals surface area contributed by atoms with Crippen molar-refractivity contribution in [3.05, 3.63) is 12.3 Å². The van der Waals surface area contributed by atoms with Gasteiger partial charge in [0.15, 0.2) is 0 Å². The molecule has 0 aromatic heterocycles. The largest absolute Gasteiger partial charge is 0.299 e. The van der Waals surface area contributed by atoms with Gasteiger partial charge in [-0.25, -0.2) is 5.01 Å². The Labute approximate surface area is 67.2 Å². The zero-order valence-electron chi connectivity index (χ0n) is 7.12. The molecule has 0 spiro atoms. The number of hydrogen-bond donors (Lipinski definition) is 0. The highest BCUT2D eigenvalue weighted by Crippen LogP contribution is 2.09. The molecule has 0 aromatic rings. The van der Waals surface area contributed by atoms with Crippen molar-refractivity contribution in [1.29, 1.82) is 0 Å². The van der Waals surface area contributed by atoms with Gasteiger partial charge in [0.25, 0.3) is 0 Å². The average molecular weight is 154 g/mol. The molecule has 0 unspecified atom stereocenters. The predicted molar refractivity (Wildman–Crippen MR) is 44.1 cm³/mol. The lowest BCUT2D eigenvalue weighted by atomic mass is 10.3. The Morgan fingerprint density at radius 2 is 2.18 bits per heavy atom. The van der Waals surface area contributed by atoms with E-state index in [1.54, 1.807) is 7.05 Å². The van der Waals surface area contributed by atoms with Gasteiger partial charge >= 0.3 is 0 Å². The molecule has 0 bridgehead atoms. The lowest BCUT2D eigenvalue weighted by Gasteiger charge is -2.31. The second-order valence-electron chi connectivity index (χ2n) is 2.72. The van der Waals surface area contributed by atoms with Crippen LogP contribution in [0.5, 0.6) is 0 Å². The monoisotopic (exact) mass is 154 g/mol. The molecule has 1 heterocycles. The number of hydrogen-bond acceptors (Lipinski definition) is 3.